The van der Waals surface area contributed by atoms with Crippen molar-refractivity contribution in [2.45, 2.75) is 19.4 Å². The van der Waals surface area contributed by atoms with Crippen LogP contribution >= 0.6 is 0 Å². The minimum Gasteiger partial charge on any atom is -0.466 e. The Labute approximate surface area is 141 Å². The summed E-state index contributed by atoms with van der Waals surface area (Å²) in [5, 5.41) is 9.92. The monoisotopic (exact) mass is 330 g/mol. The van der Waals surface area contributed by atoms with Gasteiger partial charge in [-0.3, -0.25) is 14.3 Å². The van der Waals surface area contributed by atoms with Gasteiger partial charge in [-0.1, -0.05) is 12.1 Å². The molecule has 7 heteroatoms. The number of aryl methyl sites for hydroxylation is 1. The molecule has 0 radical (unpaired) electrons. The zero-order chi connectivity index (χ0) is 17.5. The lowest BCUT2D eigenvalue weighted by Gasteiger charge is -2.15. The molecule has 7 nitrogen and oxygen atoms in total. The Kier molecular flexibility index (Phi) is 6.08. The van der Waals surface area contributed by atoms with Crippen molar-refractivity contribution >= 4 is 17.6 Å². The Hall–Kier alpha value is -2.67. The van der Waals surface area contributed by atoms with E-state index in [2.05, 4.69) is 15.7 Å². The molecule has 0 aliphatic carbocycles. The summed E-state index contributed by atoms with van der Waals surface area (Å²) in [5.41, 5.74) is 2.19. The molecule has 0 saturated heterocycles. The summed E-state index contributed by atoms with van der Waals surface area (Å²) in [6.45, 7) is 2.12. The molecule has 1 atom stereocenters. The van der Waals surface area contributed by atoms with Gasteiger partial charge >= 0.3 is 5.97 Å². The van der Waals surface area contributed by atoms with E-state index >= 15 is 0 Å². The number of hydrogen-bond donors (Lipinski definition) is 2. The van der Waals surface area contributed by atoms with Gasteiger partial charge in [0.05, 0.1) is 19.2 Å². The summed E-state index contributed by atoms with van der Waals surface area (Å²) in [7, 11) is 3.52. The molecule has 0 spiro atoms. The predicted molar refractivity (Wildman–Crippen MR) is 90.4 cm³/mol. The third kappa shape index (κ3) is 4.66. The fourth-order valence-electron chi connectivity index (χ4n) is 2.39. The zero-order valence-corrected chi connectivity index (χ0v) is 14.1. The molecule has 128 valence electrons. The maximum atomic E-state index is 12.5. The molecule has 1 unspecified atom stereocenters. The molecular formula is C17H22N4O3. The molecule has 0 bridgehead atoms. The van der Waals surface area contributed by atoms with E-state index in [1.807, 2.05) is 6.07 Å². The smallest absolute Gasteiger partial charge is 0.310 e. The van der Waals surface area contributed by atoms with Crippen LogP contribution in [0, 0.1) is 0 Å². The third-order valence-electron chi connectivity index (χ3n) is 3.46. The maximum Gasteiger partial charge on any atom is 0.310 e. The molecule has 2 N–H and O–H groups in total. The van der Waals surface area contributed by atoms with E-state index in [0.29, 0.717) is 12.3 Å². The minimum atomic E-state index is -0.507. The van der Waals surface area contributed by atoms with Crippen LogP contribution in [0.4, 0.5) is 5.69 Å². The molecule has 0 aliphatic heterocycles. The van der Waals surface area contributed by atoms with Crippen molar-refractivity contribution in [3.8, 4) is 0 Å². The van der Waals surface area contributed by atoms with E-state index < -0.39 is 6.04 Å². The van der Waals surface area contributed by atoms with Crippen LogP contribution in [-0.4, -0.2) is 35.3 Å². The molecule has 1 aromatic carbocycles. The van der Waals surface area contributed by atoms with Crippen LogP contribution in [0.25, 0.3) is 0 Å². The lowest BCUT2D eigenvalue weighted by Crippen LogP contribution is -2.30. The van der Waals surface area contributed by atoms with Gasteiger partial charge in [-0.15, -0.1) is 0 Å². The highest BCUT2D eigenvalue weighted by Gasteiger charge is 2.20. The summed E-state index contributed by atoms with van der Waals surface area (Å²) in [5.74, 6) is -0.483. The quantitative estimate of drug-likeness (QED) is 0.750. The first-order valence-electron chi connectivity index (χ1n) is 7.74. The van der Waals surface area contributed by atoms with Gasteiger partial charge in [0, 0.05) is 24.5 Å². The summed E-state index contributed by atoms with van der Waals surface area (Å²) >= 11 is 0. The Bertz CT molecular complexity index is 711. The molecule has 2 rings (SSSR count). The lowest BCUT2D eigenvalue weighted by molar-refractivity contribution is -0.142. The van der Waals surface area contributed by atoms with Crippen LogP contribution in [0.3, 0.4) is 0 Å². The number of esters is 1. The first-order valence-corrected chi connectivity index (χ1v) is 7.74. The summed E-state index contributed by atoms with van der Waals surface area (Å²) in [6.07, 6.45) is 3.62. The lowest BCUT2D eigenvalue weighted by atomic mass is 10.1. The largest absolute Gasteiger partial charge is 0.466 e. The number of benzene rings is 1. The second-order valence-corrected chi connectivity index (χ2v) is 5.34. The summed E-state index contributed by atoms with van der Waals surface area (Å²) in [6, 6.07) is 6.66. The number of rotatable bonds is 7. The fourth-order valence-corrected chi connectivity index (χ4v) is 2.39. The van der Waals surface area contributed by atoms with E-state index in [4.69, 9.17) is 4.74 Å². The molecule has 1 heterocycles. The summed E-state index contributed by atoms with van der Waals surface area (Å²) < 4.78 is 6.58. The summed E-state index contributed by atoms with van der Waals surface area (Å²) in [4.78, 5) is 24.0. The second kappa shape index (κ2) is 8.26. The van der Waals surface area contributed by atoms with Crippen LogP contribution < -0.4 is 10.6 Å². The van der Waals surface area contributed by atoms with E-state index in [1.165, 1.54) is 0 Å². The van der Waals surface area contributed by atoms with Crippen molar-refractivity contribution in [3.05, 3.63) is 47.8 Å². The average Bonchev–Trinajstić information content (AvgIpc) is 2.94. The van der Waals surface area contributed by atoms with E-state index in [1.54, 1.807) is 56.3 Å². The number of nitrogens with one attached hydrogen (secondary N) is 2. The number of hydrogen-bond acceptors (Lipinski definition) is 5. The number of carbonyl (C=O) groups is 2. The Morgan fingerprint density at radius 2 is 2.17 bits per heavy atom. The Balaban J connectivity index is 2.06. The molecule has 1 aromatic heterocycles. The topological polar surface area (TPSA) is 85.2 Å². The van der Waals surface area contributed by atoms with Gasteiger partial charge in [0.2, 0.25) is 5.91 Å². The SMILES string of the molecule is CCOC(=O)Cc1cccc(NC(=O)C(NC)c2cnn(C)c2)c1. The Morgan fingerprint density at radius 1 is 1.38 bits per heavy atom. The van der Waals surface area contributed by atoms with Gasteiger partial charge in [0.25, 0.3) is 0 Å². The van der Waals surface area contributed by atoms with E-state index in [0.717, 1.165) is 11.1 Å². The van der Waals surface area contributed by atoms with Gasteiger partial charge in [-0.05, 0) is 31.7 Å². The number of ether oxygens (including phenoxy) is 1. The number of nitrogens with zero attached hydrogens (tertiary/aromatic N) is 2. The Morgan fingerprint density at radius 3 is 2.79 bits per heavy atom. The number of anilines is 1. The van der Waals surface area contributed by atoms with Gasteiger partial charge in [-0.2, -0.15) is 5.10 Å². The molecule has 2 aromatic rings. The van der Waals surface area contributed by atoms with Crippen LogP contribution in [-0.2, 0) is 27.8 Å². The van der Waals surface area contributed by atoms with E-state index in [-0.39, 0.29) is 18.3 Å². The third-order valence-corrected chi connectivity index (χ3v) is 3.46. The van der Waals surface area contributed by atoms with Crippen molar-refractivity contribution in [1.82, 2.24) is 15.1 Å². The maximum absolute atomic E-state index is 12.5. The first-order chi connectivity index (χ1) is 11.5. The number of likely N-dealkylation sites (N-methyl/N-ethyl adjacent to an activating group) is 1. The molecule has 0 fully saturated rings. The van der Waals surface area contributed by atoms with Gasteiger partial charge in [0.1, 0.15) is 6.04 Å². The molecule has 0 saturated carbocycles. The zero-order valence-electron chi connectivity index (χ0n) is 14.1. The molecular weight excluding hydrogens is 308 g/mol. The molecule has 0 aliphatic rings. The highest BCUT2D eigenvalue weighted by Crippen LogP contribution is 2.17. The van der Waals surface area contributed by atoms with Crippen molar-refractivity contribution < 1.29 is 14.3 Å². The van der Waals surface area contributed by atoms with Crippen molar-refractivity contribution in [3.63, 3.8) is 0 Å². The highest BCUT2D eigenvalue weighted by atomic mass is 16.5. The number of carbonyl (C=O) groups excluding carboxylic acids is 2. The van der Waals surface area contributed by atoms with Crippen LogP contribution in [0.2, 0.25) is 0 Å². The highest BCUT2D eigenvalue weighted by molar-refractivity contribution is 5.95. The van der Waals surface area contributed by atoms with Crippen LogP contribution in [0.1, 0.15) is 24.1 Å². The first kappa shape index (κ1) is 17.7. The standard InChI is InChI=1S/C17H22N4O3/c1-4-24-15(22)9-12-6-5-7-14(8-12)20-17(23)16(18-2)13-10-19-21(3)11-13/h5-8,10-11,16,18H,4,9H2,1-3H3,(H,20,23). The van der Waals surface area contributed by atoms with Gasteiger partial charge < -0.3 is 15.4 Å². The van der Waals surface area contributed by atoms with Crippen molar-refractivity contribution in [2.24, 2.45) is 7.05 Å². The van der Waals surface area contributed by atoms with Crippen LogP contribution in [0.5, 0.6) is 0 Å². The fraction of sp³-hybridized carbons (Fsp3) is 0.353. The molecule has 1 amide bonds. The normalized spacial score (nSPS) is 11.8. The van der Waals surface area contributed by atoms with E-state index in [9.17, 15) is 9.59 Å². The average molecular weight is 330 g/mol. The van der Waals surface area contributed by atoms with Crippen molar-refractivity contribution in [2.75, 3.05) is 19.0 Å². The number of aromatic nitrogens is 2. The van der Waals surface area contributed by atoms with Gasteiger partial charge in [-0.25, -0.2) is 0 Å². The minimum absolute atomic E-state index is 0.176. The molecule has 24 heavy (non-hydrogen) atoms. The van der Waals surface area contributed by atoms with Crippen LogP contribution in [0.15, 0.2) is 36.7 Å². The second-order valence-electron chi connectivity index (χ2n) is 5.34. The van der Waals surface area contributed by atoms with Gasteiger partial charge in [0.15, 0.2) is 0 Å². The number of amides is 1. The predicted octanol–water partition coefficient (Wildman–Crippen LogP) is 1.42. The van der Waals surface area contributed by atoms with Crippen molar-refractivity contribution in [1.29, 1.82) is 0 Å².